The van der Waals surface area contributed by atoms with Crippen molar-refractivity contribution < 1.29 is 24.0 Å². The van der Waals surface area contributed by atoms with Crippen molar-refractivity contribution in [2.75, 3.05) is 32.5 Å². The smallest absolute Gasteiger partial charge is 0.246 e. The van der Waals surface area contributed by atoms with Crippen molar-refractivity contribution >= 4 is 71.8 Å². The van der Waals surface area contributed by atoms with E-state index in [1.165, 1.54) is 17.4 Å². The molecule has 12 heteroatoms. The average Bonchev–Trinajstić information content (AvgIpc) is 2.95. The van der Waals surface area contributed by atoms with Crippen LogP contribution in [0.25, 0.3) is 0 Å². The monoisotopic (exact) mass is 634 g/mol. The summed E-state index contributed by atoms with van der Waals surface area (Å²) < 4.78 is 0. The first-order valence-electron chi connectivity index (χ1n) is 13.7. The van der Waals surface area contributed by atoms with Crippen LogP contribution in [0.3, 0.4) is 0 Å². The topological polar surface area (TPSA) is 125 Å². The first kappa shape index (κ1) is 43.1. The minimum atomic E-state index is -0.280. The van der Waals surface area contributed by atoms with E-state index >= 15 is 0 Å². The summed E-state index contributed by atoms with van der Waals surface area (Å²) in [5.41, 5.74) is 1.34. The summed E-state index contributed by atoms with van der Waals surface area (Å²) in [5.74, 6) is -0.0294. The molecule has 1 aromatic rings. The van der Waals surface area contributed by atoms with Gasteiger partial charge in [0.2, 0.25) is 17.7 Å². The van der Waals surface area contributed by atoms with Gasteiger partial charge >= 0.3 is 0 Å². The Hall–Kier alpha value is -2.40. The molecular formula is C29H48Cl2N4O5S. The van der Waals surface area contributed by atoms with Gasteiger partial charge in [0, 0.05) is 47.6 Å². The lowest BCUT2D eigenvalue weighted by Crippen LogP contribution is -2.35. The lowest BCUT2D eigenvalue weighted by Gasteiger charge is -2.14. The van der Waals surface area contributed by atoms with E-state index in [4.69, 9.17) is 23.2 Å². The summed E-state index contributed by atoms with van der Waals surface area (Å²) in [7, 11) is 3.38. The molecule has 0 radical (unpaired) electrons. The Morgan fingerprint density at radius 3 is 2.07 bits per heavy atom. The molecule has 3 N–H and O–H groups in total. The predicted octanol–water partition coefficient (Wildman–Crippen LogP) is 5.49. The zero-order valence-corrected chi connectivity index (χ0v) is 27.8. The highest BCUT2D eigenvalue weighted by Crippen LogP contribution is 2.30. The lowest BCUT2D eigenvalue weighted by molar-refractivity contribution is -0.125. The van der Waals surface area contributed by atoms with Crippen molar-refractivity contribution in [3.8, 4) is 0 Å². The van der Waals surface area contributed by atoms with Crippen LogP contribution in [0.15, 0.2) is 24.3 Å². The van der Waals surface area contributed by atoms with Crippen molar-refractivity contribution in [2.45, 2.75) is 78.5 Å². The van der Waals surface area contributed by atoms with Crippen LogP contribution in [0, 0.1) is 0 Å². The number of amides is 3. The van der Waals surface area contributed by atoms with Gasteiger partial charge in [0.05, 0.1) is 12.6 Å². The second kappa shape index (κ2) is 29.1. The number of anilines is 1. The van der Waals surface area contributed by atoms with Crippen molar-refractivity contribution in [3.63, 3.8) is 0 Å². The number of hydrogen-bond acceptors (Lipinski definition) is 7. The zero-order chi connectivity index (χ0) is 32.2. The van der Waals surface area contributed by atoms with E-state index in [9.17, 15) is 24.0 Å². The van der Waals surface area contributed by atoms with Gasteiger partial charge in [-0.3, -0.25) is 19.2 Å². The summed E-state index contributed by atoms with van der Waals surface area (Å²) >= 11 is 16.2. The predicted molar refractivity (Wildman–Crippen MR) is 174 cm³/mol. The highest BCUT2D eigenvalue weighted by atomic mass is 35.5. The Morgan fingerprint density at radius 1 is 1.05 bits per heavy atom. The molecule has 234 valence electrons. The molecule has 1 aromatic carbocycles. The molecule has 0 aliphatic rings. The largest absolute Gasteiger partial charge is 0.349 e. The summed E-state index contributed by atoms with van der Waals surface area (Å²) in [6.45, 7) is 10.7. The number of halogens is 2. The van der Waals surface area contributed by atoms with E-state index in [-0.39, 0.29) is 30.3 Å². The maximum Gasteiger partial charge on any atom is 0.246 e. The maximum atomic E-state index is 11.6. The quantitative estimate of drug-likeness (QED) is 0.0928. The van der Waals surface area contributed by atoms with E-state index in [1.54, 1.807) is 33.2 Å². The molecule has 0 saturated heterocycles. The van der Waals surface area contributed by atoms with Crippen LogP contribution in [-0.2, 0) is 29.7 Å². The minimum Gasteiger partial charge on any atom is -0.349 e. The third-order valence-electron chi connectivity index (χ3n) is 4.87. The summed E-state index contributed by atoms with van der Waals surface area (Å²) in [4.78, 5) is 55.8. The Balaban J connectivity index is -0.000000610. The van der Waals surface area contributed by atoms with Gasteiger partial charge in [0.1, 0.15) is 12.6 Å². The number of nitrogens with zero attached hydrogens (tertiary/aromatic N) is 1. The van der Waals surface area contributed by atoms with Crippen LogP contribution in [0.2, 0.25) is 10.0 Å². The first-order chi connectivity index (χ1) is 19.5. The number of likely N-dealkylation sites (N-methyl/N-ethyl adjacent to an activating group) is 2. The molecule has 41 heavy (non-hydrogen) atoms. The van der Waals surface area contributed by atoms with Crippen LogP contribution >= 0.6 is 35.8 Å². The van der Waals surface area contributed by atoms with Crippen molar-refractivity contribution in [1.82, 2.24) is 15.5 Å². The maximum absolute atomic E-state index is 11.6. The van der Waals surface area contributed by atoms with E-state index in [0.29, 0.717) is 47.0 Å². The number of hydrogen-bond donors (Lipinski definition) is 4. The molecule has 3 amide bonds. The van der Waals surface area contributed by atoms with E-state index in [2.05, 4.69) is 42.4 Å². The van der Waals surface area contributed by atoms with Gasteiger partial charge in [-0.05, 0) is 50.6 Å². The van der Waals surface area contributed by atoms with E-state index in [1.807, 2.05) is 13.8 Å². The number of aldehydes is 2. The van der Waals surface area contributed by atoms with Gasteiger partial charge in [0.25, 0.3) is 0 Å². The molecule has 0 spiro atoms. The van der Waals surface area contributed by atoms with Crippen LogP contribution < -0.4 is 16.0 Å². The Morgan fingerprint density at radius 2 is 1.61 bits per heavy atom. The number of carbonyl (C=O) groups excluding carboxylic acids is 5. The number of rotatable bonds is 14. The number of unbranched alkanes of at least 4 members (excludes halogenated alkanes) is 2. The first-order valence-corrected chi connectivity index (χ1v) is 15.1. The SMILES string of the molecule is CC.CCC.CN(CCCCCC(=O)NCC=O)C(=O)/C=C\C=O.CNC(C)C(=O)Nc1cc(Cl)c(CS)c(Cl)c1. The normalized spacial score (nSPS) is 10.4. The molecule has 0 aliphatic heterocycles. The standard InChI is InChI=1S/C13H20N2O4.C11H14Cl2N2OS.C3H8.C2H6/c1-15(13(19)7-5-10-16)9-4-2-3-6-12(18)14-8-11-17;1-6(14-2)11(16)15-7-3-9(12)8(5-17)10(13)4-7;1-3-2;1-2/h5,7,10-11H,2-4,6,8-9H2,1H3,(H,14,18);3-4,6,14,17H,5H2,1-2H3,(H,15,16);3H2,1-2H3;1-2H3/b7-5-;;;. The van der Waals surface area contributed by atoms with Gasteiger partial charge in [0.15, 0.2) is 0 Å². The molecular weight excluding hydrogens is 587 g/mol. The number of allylic oxidation sites excluding steroid dienone is 1. The summed E-state index contributed by atoms with van der Waals surface area (Å²) in [6, 6.07) is 3.05. The third-order valence-corrected chi connectivity index (χ3v) is 5.86. The number of nitrogens with one attached hydrogen (secondary N) is 3. The molecule has 0 aliphatic carbocycles. The van der Waals surface area contributed by atoms with Crippen molar-refractivity contribution in [3.05, 3.63) is 39.9 Å². The zero-order valence-electron chi connectivity index (χ0n) is 25.4. The lowest BCUT2D eigenvalue weighted by atomic mass is 10.2. The van der Waals surface area contributed by atoms with Gasteiger partial charge < -0.3 is 25.6 Å². The van der Waals surface area contributed by atoms with Crippen LogP contribution in [-0.4, -0.2) is 68.4 Å². The second-order valence-electron chi connectivity index (χ2n) is 8.32. The van der Waals surface area contributed by atoms with Crippen molar-refractivity contribution in [2.24, 2.45) is 0 Å². The fraction of sp³-hybridized carbons (Fsp3) is 0.552. The van der Waals surface area contributed by atoms with Gasteiger partial charge in [-0.15, -0.1) is 0 Å². The highest BCUT2D eigenvalue weighted by Gasteiger charge is 2.13. The number of benzene rings is 1. The molecule has 0 saturated carbocycles. The second-order valence-corrected chi connectivity index (χ2v) is 9.45. The van der Waals surface area contributed by atoms with E-state index in [0.717, 1.165) is 30.9 Å². The minimum absolute atomic E-state index is 0.0547. The van der Waals surface area contributed by atoms with Gasteiger partial charge in [-0.2, -0.15) is 12.6 Å². The number of carbonyl (C=O) groups is 5. The molecule has 0 fully saturated rings. The van der Waals surface area contributed by atoms with Gasteiger partial charge in [-0.1, -0.05) is 63.7 Å². The summed E-state index contributed by atoms with van der Waals surface area (Å²) in [5, 5.41) is 9.04. The average molecular weight is 636 g/mol. The molecule has 9 nitrogen and oxygen atoms in total. The van der Waals surface area contributed by atoms with Crippen molar-refractivity contribution in [1.29, 1.82) is 0 Å². The molecule has 1 rings (SSSR count). The fourth-order valence-corrected chi connectivity index (χ4v) is 3.77. The van der Waals surface area contributed by atoms with Crippen LogP contribution in [0.4, 0.5) is 5.69 Å². The van der Waals surface area contributed by atoms with Gasteiger partial charge in [-0.25, -0.2) is 0 Å². The molecule has 0 bridgehead atoms. The third kappa shape index (κ3) is 22.9. The Bertz CT molecular complexity index is 909. The number of thiol groups is 1. The molecule has 0 aromatic heterocycles. The summed E-state index contributed by atoms with van der Waals surface area (Å²) in [6.07, 6.45) is 7.56. The van der Waals surface area contributed by atoms with E-state index < -0.39 is 0 Å². The highest BCUT2D eigenvalue weighted by molar-refractivity contribution is 7.79. The Labute approximate surface area is 261 Å². The molecule has 1 atom stereocenters. The fourth-order valence-electron chi connectivity index (χ4n) is 2.62. The van der Waals surface area contributed by atoms with Crippen LogP contribution in [0.5, 0.6) is 0 Å². The Kier molecular flexibility index (Phi) is 30.6. The van der Waals surface area contributed by atoms with Crippen LogP contribution in [0.1, 0.15) is 72.3 Å². The molecule has 0 heterocycles. The molecule has 1 unspecified atom stereocenters.